The predicted octanol–water partition coefficient (Wildman–Crippen LogP) is -5.34. The molecule has 0 aliphatic heterocycles. The van der Waals surface area contributed by atoms with Crippen LogP contribution < -0.4 is 76.1 Å². The van der Waals surface area contributed by atoms with Crippen LogP contribution in [0.4, 0.5) is 17.1 Å². The Morgan fingerprint density at radius 3 is 1.60 bits per heavy atom. The van der Waals surface area contributed by atoms with Gasteiger partial charge in [0.25, 0.3) is 11.4 Å². The van der Waals surface area contributed by atoms with Crippen molar-refractivity contribution in [2.75, 3.05) is 44.7 Å². The van der Waals surface area contributed by atoms with Crippen LogP contribution in [0.3, 0.4) is 0 Å². The summed E-state index contributed by atoms with van der Waals surface area (Å²) < 4.78 is 0. The van der Waals surface area contributed by atoms with Crippen LogP contribution >= 0.6 is 0 Å². The molecule has 0 radical (unpaired) electrons. The van der Waals surface area contributed by atoms with Gasteiger partial charge < -0.3 is 96.4 Å². The Bertz CT molecular complexity index is 2610. The number of aromatic nitrogens is 2. The fourth-order valence-electron chi connectivity index (χ4n) is 8.07. The lowest BCUT2D eigenvalue weighted by Crippen LogP contribution is -2.61. The molecule has 472 valence electrons. The van der Waals surface area contributed by atoms with E-state index in [2.05, 4.69) is 63.1 Å². The number of benzene rings is 1. The molecule has 0 aliphatic rings. The molecular weight excluding hydrogens is 1130 g/mol. The number of hydrogen-bond donors (Lipinski definition) is 19. The molecule has 9 amide bonds. The number of nitrogens with two attached hydrogens (primary N) is 4. The van der Waals surface area contributed by atoms with Crippen molar-refractivity contribution in [3.63, 3.8) is 0 Å². The van der Waals surface area contributed by atoms with E-state index in [1.807, 2.05) is 0 Å². The minimum Gasteiger partial charge on any atom is -0.480 e. The number of guanidine groups is 1. The summed E-state index contributed by atoms with van der Waals surface area (Å²) in [5.41, 5.74) is 20.9. The fraction of sp³-hybridized carbons (Fsp3) is 0.592. The Balaban J connectivity index is 2.37. The quantitative estimate of drug-likeness (QED) is 0.00970. The van der Waals surface area contributed by atoms with Crippen LogP contribution in [0.1, 0.15) is 90.2 Å². The zero-order chi connectivity index (χ0) is 63.8. The summed E-state index contributed by atoms with van der Waals surface area (Å²) in [6, 6.07) is -9.74. The molecule has 1 aromatic carbocycles. The Labute approximate surface area is 486 Å². The van der Waals surface area contributed by atoms with E-state index in [9.17, 15) is 83.5 Å². The summed E-state index contributed by atoms with van der Waals surface area (Å²) >= 11 is 0. The van der Waals surface area contributed by atoms with E-state index in [4.69, 9.17) is 28.3 Å². The van der Waals surface area contributed by atoms with Crippen LogP contribution in [0.25, 0.3) is 0 Å². The number of carboxylic acid groups (broad SMARTS) is 1. The number of carboxylic acids is 1. The van der Waals surface area contributed by atoms with Crippen molar-refractivity contribution in [2.24, 2.45) is 28.9 Å². The van der Waals surface area contributed by atoms with Gasteiger partial charge in [-0.2, -0.15) is 0 Å². The Morgan fingerprint density at radius 2 is 1.13 bits per heavy atom. The smallest absolute Gasteiger partial charge is 0.326 e. The third-order valence-electron chi connectivity index (χ3n) is 12.5. The number of aliphatic hydroxyl groups excluding tert-OH is 2. The fourth-order valence-corrected chi connectivity index (χ4v) is 8.07. The first kappa shape index (κ1) is 71.9. The third-order valence-corrected chi connectivity index (χ3v) is 12.5. The van der Waals surface area contributed by atoms with Gasteiger partial charge in [0, 0.05) is 38.2 Å². The highest BCUT2D eigenvalue weighted by atomic mass is 16.6. The number of carbonyl (C=O) groups is 10. The van der Waals surface area contributed by atoms with Gasteiger partial charge in [0.2, 0.25) is 53.2 Å². The number of amides is 9. The SMILES string of the molecule is CC(C)C[C@H](NC(=O)CN)C(=O)N[C@@H](Cc1c[nH]cn1)C(=O)N[C@@H](CCC(N)=O)C(=O)N[C@@H](CO)C(=O)N[C@@H](CCCCN)C(=O)N[C@@H](CO)C(=O)N[C@@H](CCCCNc1ccc([N+](=O)[O-])cc1[N+](=O)[O-])C(=O)N[C@H](CCCNC(=N)N)C(=O)O. The number of aliphatic carboxylic acids is 1. The largest absolute Gasteiger partial charge is 0.480 e. The number of imidazole rings is 1. The number of H-pyrrole nitrogens is 1. The second-order valence-electron chi connectivity index (χ2n) is 19.8. The normalized spacial score (nSPS) is 13.8. The zero-order valence-electron chi connectivity index (χ0n) is 47.0. The van der Waals surface area contributed by atoms with Crippen molar-refractivity contribution in [3.8, 4) is 0 Å². The monoisotopic (exact) mass is 1210 g/mol. The molecule has 0 spiro atoms. The lowest BCUT2D eigenvalue weighted by atomic mass is 10.0. The molecule has 1 aromatic heterocycles. The van der Waals surface area contributed by atoms with Crippen LogP contribution in [0.15, 0.2) is 30.7 Å². The van der Waals surface area contributed by atoms with Crippen LogP contribution in [0.2, 0.25) is 0 Å². The van der Waals surface area contributed by atoms with Crippen molar-refractivity contribution >= 4 is 82.2 Å². The lowest BCUT2D eigenvalue weighted by Gasteiger charge is -2.27. The molecule has 23 N–H and O–H groups in total. The molecule has 0 unspecified atom stereocenters. The molecule has 1 heterocycles. The Morgan fingerprint density at radius 1 is 0.635 bits per heavy atom. The minimum absolute atomic E-state index is 0.00434. The molecular formula is C49H79N19O17. The number of nitrogens with one attached hydrogen (secondary N) is 12. The van der Waals surface area contributed by atoms with E-state index in [-0.39, 0.29) is 101 Å². The summed E-state index contributed by atoms with van der Waals surface area (Å²) in [4.78, 5) is 161. The molecule has 85 heavy (non-hydrogen) atoms. The van der Waals surface area contributed by atoms with Crippen LogP contribution in [-0.2, 0) is 54.4 Å². The van der Waals surface area contributed by atoms with E-state index in [1.54, 1.807) is 13.8 Å². The maximum atomic E-state index is 14.0. The van der Waals surface area contributed by atoms with Gasteiger partial charge in [-0.25, -0.2) is 9.78 Å². The molecule has 0 fully saturated rings. The van der Waals surface area contributed by atoms with Gasteiger partial charge in [0.1, 0.15) is 54.0 Å². The first-order chi connectivity index (χ1) is 40.2. The first-order valence-corrected chi connectivity index (χ1v) is 27.0. The summed E-state index contributed by atoms with van der Waals surface area (Å²) in [6.45, 7) is 1.08. The highest BCUT2D eigenvalue weighted by Crippen LogP contribution is 2.29. The van der Waals surface area contributed by atoms with Crippen LogP contribution in [0.5, 0.6) is 0 Å². The summed E-state index contributed by atoms with van der Waals surface area (Å²) in [7, 11) is 0. The summed E-state index contributed by atoms with van der Waals surface area (Å²) in [5.74, 6) is -11.0. The number of non-ortho nitro benzene ring substituents is 1. The number of anilines is 1. The number of carbonyl (C=O) groups excluding carboxylic acids is 9. The van der Waals surface area contributed by atoms with E-state index < -0.39 is 161 Å². The van der Waals surface area contributed by atoms with Crippen LogP contribution in [-0.4, -0.2) is 188 Å². The van der Waals surface area contributed by atoms with Crippen molar-refractivity contribution in [3.05, 3.63) is 56.6 Å². The topological polar surface area (TPSA) is 595 Å². The van der Waals surface area contributed by atoms with Gasteiger partial charge in [0.05, 0.1) is 47.7 Å². The maximum absolute atomic E-state index is 14.0. The molecule has 2 rings (SSSR count). The molecule has 8 atom stereocenters. The number of nitro benzene ring substituents is 2. The number of unbranched alkanes of at least 4 members (excludes halogenated alkanes) is 2. The number of nitrogens with zero attached hydrogens (tertiary/aromatic N) is 3. The highest BCUT2D eigenvalue weighted by Gasteiger charge is 2.35. The van der Waals surface area contributed by atoms with Crippen molar-refractivity contribution in [1.82, 2.24) is 57.8 Å². The van der Waals surface area contributed by atoms with Gasteiger partial charge in [-0.1, -0.05) is 13.8 Å². The number of rotatable bonds is 42. The second-order valence-corrected chi connectivity index (χ2v) is 19.8. The van der Waals surface area contributed by atoms with Gasteiger partial charge in [0.15, 0.2) is 5.96 Å². The van der Waals surface area contributed by atoms with E-state index in [1.165, 1.54) is 12.5 Å². The molecule has 0 saturated carbocycles. The van der Waals surface area contributed by atoms with Gasteiger partial charge in [-0.05, 0) is 82.7 Å². The standard InChI is InChI=1S/C49H79N19O17/c1-26(2)18-34(59-40(72)21-51)44(76)64-35(19-27-22-55-25-58-27)45(77)62-32(13-14-39(52)71)43(75)66-37(24-70)47(79)60-30(8-3-5-15-50)42(74)65-36(23-69)46(78)61-31(41(73)63-33(48(80)81)10-7-17-57-49(53)54)9-4-6-16-56-29-12-11-28(67(82)83)20-38(29)68(84)85/h11-12,20,22,25-26,30-37,56,69-70H,3-10,13-19,21,23-24,50-51H2,1-2H3,(H2,52,71)(H,55,58)(H,59,72)(H,60,79)(H,61,78)(H,62,77)(H,63,73)(H,64,76)(H,65,74)(H,66,75)(H,80,81)(H4,53,54,57)/t30-,31-,32-,33+,34-,35-,36-,37-/m0/s1. The molecule has 36 heteroatoms. The molecule has 0 saturated heterocycles. The first-order valence-electron chi connectivity index (χ1n) is 27.0. The average Bonchev–Trinajstić information content (AvgIpc) is 4.16. The molecule has 2 aromatic rings. The van der Waals surface area contributed by atoms with Gasteiger partial charge in [-0.3, -0.25) is 68.8 Å². The molecule has 0 bridgehead atoms. The maximum Gasteiger partial charge on any atom is 0.326 e. The third kappa shape index (κ3) is 26.7. The minimum atomic E-state index is -1.87. The van der Waals surface area contributed by atoms with Crippen molar-refractivity contribution in [2.45, 2.75) is 139 Å². The van der Waals surface area contributed by atoms with Crippen molar-refractivity contribution < 1.29 is 73.1 Å². The number of hydrogen-bond acceptors (Lipinski definition) is 21. The summed E-state index contributed by atoms with van der Waals surface area (Å²) in [5, 5.41) is 85.2. The average molecular weight is 1210 g/mol. The number of aromatic amines is 1. The highest BCUT2D eigenvalue weighted by molar-refractivity contribution is 5.98. The van der Waals surface area contributed by atoms with Gasteiger partial charge in [-0.15, -0.1) is 0 Å². The van der Waals surface area contributed by atoms with E-state index in [0.717, 1.165) is 18.2 Å². The predicted molar refractivity (Wildman–Crippen MR) is 301 cm³/mol. The lowest BCUT2D eigenvalue weighted by molar-refractivity contribution is -0.393. The number of nitro groups is 2. The zero-order valence-corrected chi connectivity index (χ0v) is 47.0. The second kappa shape index (κ2) is 37.8. The van der Waals surface area contributed by atoms with Crippen molar-refractivity contribution in [1.29, 1.82) is 5.41 Å². The van der Waals surface area contributed by atoms with E-state index >= 15 is 0 Å². The molecule has 36 nitrogen and oxygen atoms in total. The number of aliphatic hydroxyl groups is 2. The Hall–Kier alpha value is -9.16. The van der Waals surface area contributed by atoms with Crippen LogP contribution in [0, 0.1) is 31.6 Å². The molecule has 0 aliphatic carbocycles. The summed E-state index contributed by atoms with van der Waals surface area (Å²) in [6.07, 6.45) is 1.82. The van der Waals surface area contributed by atoms with Gasteiger partial charge >= 0.3 is 5.97 Å². The Kier molecular flexibility index (Phi) is 32.0. The number of primary amides is 1. The van der Waals surface area contributed by atoms with E-state index in [0.29, 0.717) is 6.42 Å².